The van der Waals surface area contributed by atoms with Crippen LogP contribution in [0, 0.1) is 12.3 Å². The summed E-state index contributed by atoms with van der Waals surface area (Å²) in [5, 5.41) is 4.33. The number of hydrogen-bond acceptors (Lipinski definition) is 5. The largest absolute Gasteiger partial charge is 0.461 e. The molecule has 0 fully saturated rings. The number of amides is 1. The fourth-order valence-corrected chi connectivity index (χ4v) is 2.24. The fourth-order valence-electron chi connectivity index (χ4n) is 1.55. The number of hydrogen-bond donors (Lipinski definition) is 1. The van der Waals surface area contributed by atoms with E-state index < -0.39 is 11.9 Å². The first-order chi connectivity index (χ1) is 10.1. The van der Waals surface area contributed by atoms with Crippen LogP contribution in [0.25, 0.3) is 0 Å². The van der Waals surface area contributed by atoms with Gasteiger partial charge < -0.3 is 10.1 Å². The third kappa shape index (κ3) is 3.68. The smallest absolute Gasteiger partial charge is 0.367 e. The molecule has 0 unspecified atom stereocenters. The average molecular weight is 300 g/mol. The Bertz CT molecular complexity index is 716. The predicted octanol–water partition coefficient (Wildman–Crippen LogP) is 2.55. The molecule has 0 saturated heterocycles. The molecular formula is C15H12N2O3S. The minimum atomic E-state index is -0.532. The number of terminal acetylenes is 1. The van der Waals surface area contributed by atoms with Crippen molar-refractivity contribution in [3.63, 3.8) is 0 Å². The molecule has 106 valence electrons. The summed E-state index contributed by atoms with van der Waals surface area (Å²) >= 11 is 1.07. The Balaban J connectivity index is 2.10. The maximum Gasteiger partial charge on any atom is 0.367 e. The van der Waals surface area contributed by atoms with E-state index in [1.54, 1.807) is 31.2 Å². The van der Waals surface area contributed by atoms with Crippen LogP contribution in [0.1, 0.15) is 32.8 Å². The van der Waals surface area contributed by atoms with Gasteiger partial charge in [0.1, 0.15) is 5.69 Å². The number of carbonyl (C=O) groups excluding carboxylic acids is 2. The zero-order valence-corrected chi connectivity index (χ0v) is 12.1. The molecule has 2 rings (SSSR count). The van der Waals surface area contributed by atoms with Crippen molar-refractivity contribution in [1.29, 1.82) is 0 Å². The Morgan fingerprint density at radius 3 is 3.00 bits per heavy atom. The van der Waals surface area contributed by atoms with E-state index in [-0.39, 0.29) is 17.3 Å². The quantitative estimate of drug-likeness (QED) is 0.696. The van der Waals surface area contributed by atoms with Gasteiger partial charge in [-0.25, -0.2) is 9.78 Å². The number of nitrogens with one attached hydrogen (secondary N) is 1. The molecule has 6 heteroatoms. The summed E-state index contributed by atoms with van der Waals surface area (Å²) in [6.45, 7) is 1.97. The summed E-state index contributed by atoms with van der Waals surface area (Å²) in [6.07, 6.45) is 5.30. The van der Waals surface area contributed by atoms with Gasteiger partial charge in [-0.1, -0.05) is 12.0 Å². The zero-order chi connectivity index (χ0) is 15.2. The summed E-state index contributed by atoms with van der Waals surface area (Å²) in [7, 11) is 0. The molecule has 1 amide bonds. The van der Waals surface area contributed by atoms with Crippen molar-refractivity contribution in [3.8, 4) is 12.3 Å². The summed E-state index contributed by atoms with van der Waals surface area (Å²) in [6, 6.07) is 6.90. The number of esters is 1. The predicted molar refractivity (Wildman–Crippen MR) is 80.4 cm³/mol. The number of anilines is 1. The molecule has 5 nitrogen and oxygen atoms in total. The Hall–Kier alpha value is -2.65. The van der Waals surface area contributed by atoms with Crippen LogP contribution < -0.4 is 5.32 Å². The first kappa shape index (κ1) is 14.8. The van der Waals surface area contributed by atoms with Crippen molar-refractivity contribution >= 4 is 28.9 Å². The summed E-state index contributed by atoms with van der Waals surface area (Å²) < 4.78 is 4.82. The number of nitrogens with zero attached hydrogens (tertiary/aromatic N) is 1. The SMILES string of the molecule is C#Cc1cccc(NC(=O)c2csc(C(=O)OCC)n2)c1. The second kappa shape index (κ2) is 6.68. The minimum Gasteiger partial charge on any atom is -0.461 e. The molecule has 0 aliphatic carbocycles. The number of rotatable bonds is 4. The lowest BCUT2D eigenvalue weighted by Crippen LogP contribution is -2.13. The molecule has 2 aromatic rings. The second-order valence-corrected chi connectivity index (χ2v) is 4.80. The van der Waals surface area contributed by atoms with Crippen LogP contribution in [0.2, 0.25) is 0 Å². The van der Waals surface area contributed by atoms with Crippen LogP contribution in [-0.2, 0) is 4.74 Å². The third-order valence-electron chi connectivity index (χ3n) is 2.47. The summed E-state index contributed by atoms with van der Waals surface area (Å²) in [4.78, 5) is 27.5. The van der Waals surface area contributed by atoms with Crippen LogP contribution in [0.15, 0.2) is 29.6 Å². The van der Waals surface area contributed by atoms with Gasteiger partial charge in [0.2, 0.25) is 5.01 Å². The van der Waals surface area contributed by atoms with Gasteiger partial charge in [0, 0.05) is 16.6 Å². The van der Waals surface area contributed by atoms with Crippen LogP contribution in [0.4, 0.5) is 5.69 Å². The van der Waals surface area contributed by atoms with Crippen molar-refractivity contribution < 1.29 is 14.3 Å². The number of ether oxygens (including phenoxy) is 1. The molecule has 0 saturated carbocycles. The molecule has 1 N–H and O–H groups in total. The normalized spacial score (nSPS) is 9.71. The molecule has 0 atom stereocenters. The number of aromatic nitrogens is 1. The van der Waals surface area contributed by atoms with Gasteiger partial charge in [-0.05, 0) is 25.1 Å². The Labute approximate surface area is 126 Å². The van der Waals surface area contributed by atoms with E-state index in [0.29, 0.717) is 11.3 Å². The monoisotopic (exact) mass is 300 g/mol. The summed E-state index contributed by atoms with van der Waals surface area (Å²) in [5.74, 6) is 1.55. The van der Waals surface area contributed by atoms with Crippen LogP contribution in [-0.4, -0.2) is 23.5 Å². The van der Waals surface area contributed by atoms with Crippen LogP contribution in [0.3, 0.4) is 0 Å². The average Bonchev–Trinajstić information content (AvgIpc) is 2.98. The van der Waals surface area contributed by atoms with Crippen molar-refractivity contribution in [2.24, 2.45) is 0 Å². The van der Waals surface area contributed by atoms with Gasteiger partial charge in [0.05, 0.1) is 6.61 Å². The lowest BCUT2D eigenvalue weighted by atomic mass is 10.2. The molecule has 1 heterocycles. The van der Waals surface area contributed by atoms with E-state index >= 15 is 0 Å². The standard InChI is InChI=1S/C15H12N2O3S/c1-3-10-6-5-7-11(8-10)16-13(18)12-9-21-14(17-12)15(19)20-4-2/h1,5-9H,4H2,2H3,(H,16,18). The van der Waals surface area contributed by atoms with E-state index in [4.69, 9.17) is 11.2 Å². The van der Waals surface area contributed by atoms with E-state index in [0.717, 1.165) is 11.3 Å². The highest BCUT2D eigenvalue weighted by Gasteiger charge is 2.16. The van der Waals surface area contributed by atoms with Crippen molar-refractivity contribution in [2.75, 3.05) is 11.9 Å². The van der Waals surface area contributed by atoms with E-state index in [2.05, 4.69) is 16.2 Å². The Morgan fingerprint density at radius 1 is 1.48 bits per heavy atom. The lowest BCUT2D eigenvalue weighted by molar-refractivity contribution is 0.0526. The maximum atomic E-state index is 12.0. The van der Waals surface area contributed by atoms with Gasteiger partial charge in [0.15, 0.2) is 0 Å². The molecular weight excluding hydrogens is 288 g/mol. The first-order valence-electron chi connectivity index (χ1n) is 6.14. The van der Waals surface area contributed by atoms with Crippen molar-refractivity contribution in [3.05, 3.63) is 45.9 Å². The highest BCUT2D eigenvalue weighted by molar-refractivity contribution is 7.11. The highest BCUT2D eigenvalue weighted by atomic mass is 32.1. The minimum absolute atomic E-state index is 0.152. The van der Waals surface area contributed by atoms with Crippen LogP contribution >= 0.6 is 11.3 Å². The lowest BCUT2D eigenvalue weighted by Gasteiger charge is -2.03. The molecule has 0 spiro atoms. The molecule has 21 heavy (non-hydrogen) atoms. The number of benzene rings is 1. The van der Waals surface area contributed by atoms with Gasteiger partial charge >= 0.3 is 5.97 Å². The molecule has 1 aromatic carbocycles. The number of carbonyl (C=O) groups is 2. The molecule has 0 bridgehead atoms. The topological polar surface area (TPSA) is 68.3 Å². The Morgan fingerprint density at radius 2 is 2.29 bits per heavy atom. The van der Waals surface area contributed by atoms with Crippen LogP contribution in [0.5, 0.6) is 0 Å². The second-order valence-electron chi connectivity index (χ2n) is 3.94. The van der Waals surface area contributed by atoms with Gasteiger partial charge in [-0.15, -0.1) is 17.8 Å². The molecule has 0 aliphatic heterocycles. The zero-order valence-electron chi connectivity index (χ0n) is 11.3. The van der Waals surface area contributed by atoms with Gasteiger partial charge in [-0.2, -0.15) is 0 Å². The highest BCUT2D eigenvalue weighted by Crippen LogP contribution is 2.14. The summed E-state index contributed by atoms with van der Waals surface area (Å²) in [5.41, 5.74) is 1.40. The van der Waals surface area contributed by atoms with Gasteiger partial charge in [0.25, 0.3) is 5.91 Å². The molecule has 0 radical (unpaired) electrons. The van der Waals surface area contributed by atoms with E-state index in [1.807, 2.05) is 0 Å². The van der Waals surface area contributed by atoms with Crippen molar-refractivity contribution in [1.82, 2.24) is 4.98 Å². The van der Waals surface area contributed by atoms with E-state index in [1.165, 1.54) is 5.38 Å². The molecule has 1 aromatic heterocycles. The fraction of sp³-hybridized carbons (Fsp3) is 0.133. The third-order valence-corrected chi connectivity index (χ3v) is 3.30. The molecule has 0 aliphatic rings. The maximum absolute atomic E-state index is 12.0. The van der Waals surface area contributed by atoms with Crippen molar-refractivity contribution in [2.45, 2.75) is 6.92 Å². The van der Waals surface area contributed by atoms with E-state index in [9.17, 15) is 9.59 Å². The first-order valence-corrected chi connectivity index (χ1v) is 7.02. The number of thiazole rings is 1. The van der Waals surface area contributed by atoms with Gasteiger partial charge in [-0.3, -0.25) is 4.79 Å². The Kier molecular flexibility index (Phi) is 4.69.